The fourth-order valence-electron chi connectivity index (χ4n) is 4.56. The first kappa shape index (κ1) is 21.7. The zero-order valence-electron chi connectivity index (χ0n) is 18.4. The number of hydrogen-bond acceptors (Lipinski definition) is 5. The molecule has 4 rings (SSSR count). The summed E-state index contributed by atoms with van der Waals surface area (Å²) in [5.41, 5.74) is 0.843. The smallest absolute Gasteiger partial charge is 0.250 e. The van der Waals surface area contributed by atoms with Crippen LogP contribution in [0.2, 0.25) is 0 Å². The van der Waals surface area contributed by atoms with Crippen LogP contribution in [0.5, 0.6) is 5.75 Å². The van der Waals surface area contributed by atoms with Crippen molar-refractivity contribution in [2.75, 3.05) is 43.6 Å². The van der Waals surface area contributed by atoms with E-state index in [1.807, 2.05) is 30.3 Å². The second-order valence-corrected chi connectivity index (χ2v) is 8.22. The Bertz CT molecular complexity index is 985. The van der Waals surface area contributed by atoms with Gasteiger partial charge >= 0.3 is 0 Å². The maximum atomic E-state index is 13.6. The van der Waals surface area contributed by atoms with E-state index in [9.17, 15) is 14.4 Å². The Labute approximate surface area is 187 Å². The summed E-state index contributed by atoms with van der Waals surface area (Å²) in [5, 5.41) is 2.85. The lowest BCUT2D eigenvalue weighted by molar-refractivity contribution is -0.138. The van der Waals surface area contributed by atoms with Crippen LogP contribution in [-0.2, 0) is 14.4 Å². The third kappa shape index (κ3) is 4.12. The average Bonchev–Trinajstić information content (AvgIpc) is 3.06. The molecule has 2 aliphatic rings. The Hall–Kier alpha value is -3.55. The molecule has 2 saturated heterocycles. The minimum Gasteiger partial charge on any atom is -0.497 e. The summed E-state index contributed by atoms with van der Waals surface area (Å²) in [6.07, 6.45) is 1.08. The highest BCUT2D eigenvalue weighted by Crippen LogP contribution is 2.39. The van der Waals surface area contributed by atoms with Gasteiger partial charge in [-0.25, -0.2) is 0 Å². The molecule has 2 aromatic rings. The lowest BCUT2D eigenvalue weighted by Gasteiger charge is -2.43. The number of hydrogen-bond donors (Lipinski definition) is 1. The van der Waals surface area contributed by atoms with E-state index >= 15 is 0 Å². The molecular formula is C24H28N4O4. The molecule has 0 unspecified atom stereocenters. The number of likely N-dealkylation sites (tertiary alicyclic amines) is 1. The summed E-state index contributed by atoms with van der Waals surface area (Å²) in [5.74, 6) is 0.409. The second kappa shape index (κ2) is 8.90. The molecule has 8 nitrogen and oxygen atoms in total. The van der Waals surface area contributed by atoms with Crippen LogP contribution in [0, 0.1) is 0 Å². The van der Waals surface area contributed by atoms with E-state index in [1.165, 1.54) is 0 Å². The van der Waals surface area contributed by atoms with E-state index in [0.29, 0.717) is 44.0 Å². The van der Waals surface area contributed by atoms with Crippen molar-refractivity contribution in [3.8, 4) is 5.75 Å². The van der Waals surface area contributed by atoms with Crippen LogP contribution in [0.4, 0.5) is 11.4 Å². The van der Waals surface area contributed by atoms with Crippen LogP contribution >= 0.6 is 0 Å². The van der Waals surface area contributed by atoms with Gasteiger partial charge in [0.25, 0.3) is 5.91 Å². The number of carbonyl (C=O) groups is 3. The van der Waals surface area contributed by atoms with Crippen molar-refractivity contribution in [2.45, 2.75) is 25.3 Å². The third-order valence-corrected chi connectivity index (χ3v) is 6.33. The van der Waals surface area contributed by atoms with E-state index in [1.54, 1.807) is 48.1 Å². The molecule has 168 valence electrons. The molecule has 1 N–H and O–H groups in total. The molecule has 0 aliphatic carbocycles. The summed E-state index contributed by atoms with van der Waals surface area (Å²) in [6.45, 7) is 2.90. The van der Waals surface area contributed by atoms with Crippen LogP contribution < -0.4 is 15.0 Å². The number of amides is 3. The Morgan fingerprint density at radius 1 is 1.03 bits per heavy atom. The van der Waals surface area contributed by atoms with Gasteiger partial charge in [0, 0.05) is 31.4 Å². The van der Waals surface area contributed by atoms with Crippen LogP contribution in [-0.4, -0.2) is 66.5 Å². The van der Waals surface area contributed by atoms with E-state index in [0.717, 1.165) is 5.69 Å². The van der Waals surface area contributed by atoms with Crippen molar-refractivity contribution in [3.05, 3.63) is 54.6 Å². The number of nitrogens with one attached hydrogen (secondary N) is 1. The molecular weight excluding hydrogens is 408 g/mol. The monoisotopic (exact) mass is 436 g/mol. The largest absolute Gasteiger partial charge is 0.497 e. The van der Waals surface area contributed by atoms with Crippen molar-refractivity contribution >= 4 is 29.1 Å². The van der Waals surface area contributed by atoms with Gasteiger partial charge < -0.3 is 24.8 Å². The van der Waals surface area contributed by atoms with Gasteiger partial charge in [0.1, 0.15) is 17.8 Å². The zero-order valence-corrected chi connectivity index (χ0v) is 18.4. The predicted molar refractivity (Wildman–Crippen MR) is 121 cm³/mol. The number of piperidine rings is 1. The van der Waals surface area contributed by atoms with Gasteiger partial charge in [0.2, 0.25) is 11.8 Å². The van der Waals surface area contributed by atoms with Gasteiger partial charge in [-0.05, 0) is 49.2 Å². The Morgan fingerprint density at radius 3 is 2.28 bits per heavy atom. The van der Waals surface area contributed by atoms with Gasteiger partial charge in [-0.2, -0.15) is 0 Å². The van der Waals surface area contributed by atoms with E-state index in [2.05, 4.69) is 10.2 Å². The fraction of sp³-hybridized carbons (Fsp3) is 0.375. The molecule has 0 saturated carbocycles. The first-order valence-electron chi connectivity index (χ1n) is 10.7. The fourth-order valence-corrected chi connectivity index (χ4v) is 4.56. The highest BCUT2D eigenvalue weighted by atomic mass is 16.5. The number of nitrogens with zero attached hydrogens (tertiary/aromatic N) is 3. The quantitative estimate of drug-likeness (QED) is 0.778. The maximum absolute atomic E-state index is 13.6. The number of anilines is 2. The SMILES string of the molecule is COc1ccc(NC(=O)CN2CN(c3ccccc3)C3(CCN(C(C)=O)CC3)C2=O)cc1. The summed E-state index contributed by atoms with van der Waals surface area (Å²) >= 11 is 0. The van der Waals surface area contributed by atoms with E-state index in [-0.39, 0.29) is 24.3 Å². The Balaban J connectivity index is 1.51. The molecule has 2 aliphatic heterocycles. The standard InChI is InChI=1S/C24H28N4O4/c1-18(29)26-14-12-24(13-15-26)23(31)27(17-28(24)20-6-4-3-5-7-20)16-22(30)25-19-8-10-21(32-2)11-9-19/h3-11H,12-17H2,1-2H3,(H,25,30). The first-order valence-corrected chi connectivity index (χ1v) is 10.7. The third-order valence-electron chi connectivity index (χ3n) is 6.33. The number of para-hydroxylation sites is 1. The van der Waals surface area contributed by atoms with Gasteiger partial charge in [-0.3, -0.25) is 14.4 Å². The van der Waals surface area contributed by atoms with E-state index < -0.39 is 5.54 Å². The molecule has 0 radical (unpaired) electrons. The molecule has 0 bridgehead atoms. The number of benzene rings is 2. The minimum atomic E-state index is -0.742. The molecule has 8 heteroatoms. The second-order valence-electron chi connectivity index (χ2n) is 8.22. The summed E-state index contributed by atoms with van der Waals surface area (Å²) in [6, 6.07) is 16.8. The van der Waals surface area contributed by atoms with Crippen LogP contribution in [0.1, 0.15) is 19.8 Å². The molecule has 0 atom stereocenters. The van der Waals surface area contributed by atoms with Crippen molar-refractivity contribution in [3.63, 3.8) is 0 Å². The minimum absolute atomic E-state index is 0.0206. The van der Waals surface area contributed by atoms with Gasteiger partial charge in [0.15, 0.2) is 0 Å². The van der Waals surface area contributed by atoms with Crippen LogP contribution in [0.25, 0.3) is 0 Å². The van der Waals surface area contributed by atoms with Crippen molar-refractivity contribution in [2.24, 2.45) is 0 Å². The number of carbonyl (C=O) groups excluding carboxylic acids is 3. The molecule has 1 spiro atoms. The highest BCUT2D eigenvalue weighted by molar-refractivity contribution is 5.99. The highest BCUT2D eigenvalue weighted by Gasteiger charge is 2.54. The Morgan fingerprint density at radius 2 is 1.69 bits per heavy atom. The lowest BCUT2D eigenvalue weighted by atomic mass is 9.85. The molecule has 32 heavy (non-hydrogen) atoms. The van der Waals surface area contributed by atoms with Crippen molar-refractivity contribution in [1.82, 2.24) is 9.80 Å². The average molecular weight is 437 g/mol. The summed E-state index contributed by atoms with van der Waals surface area (Å²) in [4.78, 5) is 43.6. The number of rotatable bonds is 5. The summed E-state index contributed by atoms with van der Waals surface area (Å²) < 4.78 is 5.14. The molecule has 3 amide bonds. The molecule has 2 heterocycles. The lowest BCUT2D eigenvalue weighted by Crippen LogP contribution is -2.57. The first-order chi connectivity index (χ1) is 15.4. The van der Waals surface area contributed by atoms with Gasteiger partial charge in [0.05, 0.1) is 13.8 Å². The Kier molecular flexibility index (Phi) is 6.03. The number of methoxy groups -OCH3 is 1. The molecule has 0 aromatic heterocycles. The van der Waals surface area contributed by atoms with Crippen molar-refractivity contribution in [1.29, 1.82) is 0 Å². The number of ether oxygens (including phenoxy) is 1. The van der Waals surface area contributed by atoms with Crippen molar-refractivity contribution < 1.29 is 19.1 Å². The predicted octanol–water partition coefficient (Wildman–Crippen LogP) is 2.32. The maximum Gasteiger partial charge on any atom is 0.250 e. The normalized spacial score (nSPS) is 17.6. The molecule has 2 aromatic carbocycles. The van der Waals surface area contributed by atoms with E-state index in [4.69, 9.17) is 4.74 Å². The zero-order chi connectivity index (χ0) is 22.7. The van der Waals surface area contributed by atoms with Gasteiger partial charge in [-0.1, -0.05) is 18.2 Å². The summed E-state index contributed by atoms with van der Waals surface area (Å²) in [7, 11) is 1.59. The molecule has 2 fully saturated rings. The van der Waals surface area contributed by atoms with Gasteiger partial charge in [-0.15, -0.1) is 0 Å². The van der Waals surface area contributed by atoms with Crippen LogP contribution in [0.3, 0.4) is 0 Å². The van der Waals surface area contributed by atoms with Crippen LogP contribution in [0.15, 0.2) is 54.6 Å². The topological polar surface area (TPSA) is 82.2 Å².